The standard InChI is InChI=1S/C18H13Cl2IN2O2/c1-10-8-13(21)6-7-14(10)22-16-15(20)17(24)23(18(16)25)9-11-2-4-12(19)5-3-11/h2-8,22H,9H2,1H3. The van der Waals surface area contributed by atoms with Gasteiger partial charge in [0.1, 0.15) is 10.7 Å². The molecule has 4 nitrogen and oxygen atoms in total. The van der Waals surface area contributed by atoms with E-state index in [1.54, 1.807) is 24.3 Å². The minimum absolute atomic E-state index is 0.100. The largest absolute Gasteiger partial charge is 0.349 e. The Labute approximate surface area is 168 Å². The fourth-order valence-electron chi connectivity index (χ4n) is 2.47. The summed E-state index contributed by atoms with van der Waals surface area (Å²) in [5.41, 5.74) is 2.59. The maximum atomic E-state index is 12.7. The van der Waals surface area contributed by atoms with Gasteiger partial charge in [0, 0.05) is 14.3 Å². The summed E-state index contributed by atoms with van der Waals surface area (Å²) >= 11 is 14.2. The van der Waals surface area contributed by atoms with Crippen molar-refractivity contribution in [1.29, 1.82) is 0 Å². The van der Waals surface area contributed by atoms with Crippen molar-refractivity contribution in [2.45, 2.75) is 13.5 Å². The lowest BCUT2D eigenvalue weighted by Gasteiger charge is -2.15. The van der Waals surface area contributed by atoms with Gasteiger partial charge in [-0.2, -0.15) is 0 Å². The van der Waals surface area contributed by atoms with E-state index in [4.69, 9.17) is 23.2 Å². The summed E-state index contributed by atoms with van der Waals surface area (Å²) in [5, 5.41) is 3.50. The molecule has 0 saturated carbocycles. The number of halogens is 3. The monoisotopic (exact) mass is 486 g/mol. The van der Waals surface area contributed by atoms with E-state index in [-0.39, 0.29) is 17.3 Å². The van der Waals surface area contributed by atoms with Gasteiger partial charge < -0.3 is 5.32 Å². The first-order valence-electron chi connectivity index (χ1n) is 7.40. The lowest BCUT2D eigenvalue weighted by Crippen LogP contribution is -2.31. The van der Waals surface area contributed by atoms with Gasteiger partial charge >= 0.3 is 0 Å². The molecule has 2 aromatic rings. The zero-order valence-electron chi connectivity index (χ0n) is 13.1. The highest BCUT2D eigenvalue weighted by atomic mass is 127. The zero-order chi connectivity index (χ0) is 18.1. The second-order valence-corrected chi connectivity index (χ2v) is 7.66. The Morgan fingerprint density at radius 1 is 1.04 bits per heavy atom. The molecular weight excluding hydrogens is 474 g/mol. The van der Waals surface area contributed by atoms with E-state index in [1.807, 2.05) is 25.1 Å². The molecule has 7 heteroatoms. The fraction of sp³-hybridized carbons (Fsp3) is 0.111. The van der Waals surface area contributed by atoms with Crippen molar-refractivity contribution < 1.29 is 9.59 Å². The quantitative estimate of drug-likeness (QED) is 0.504. The van der Waals surface area contributed by atoms with Gasteiger partial charge in [0.05, 0.1) is 6.54 Å². The number of amides is 2. The summed E-state index contributed by atoms with van der Waals surface area (Å²) in [6.07, 6.45) is 0. The van der Waals surface area contributed by atoms with Crippen LogP contribution in [0.25, 0.3) is 0 Å². The Morgan fingerprint density at radius 3 is 2.36 bits per heavy atom. The molecule has 0 aromatic heterocycles. The molecule has 1 heterocycles. The lowest BCUT2D eigenvalue weighted by atomic mass is 10.2. The van der Waals surface area contributed by atoms with Crippen LogP contribution in [-0.2, 0) is 16.1 Å². The van der Waals surface area contributed by atoms with Crippen LogP contribution in [0.1, 0.15) is 11.1 Å². The second-order valence-electron chi connectivity index (χ2n) is 5.60. The van der Waals surface area contributed by atoms with Crippen LogP contribution in [0.5, 0.6) is 0 Å². The van der Waals surface area contributed by atoms with Crippen LogP contribution in [-0.4, -0.2) is 16.7 Å². The molecule has 0 bridgehead atoms. The average Bonchev–Trinajstić information content (AvgIpc) is 2.77. The van der Waals surface area contributed by atoms with Crippen LogP contribution in [0.2, 0.25) is 5.02 Å². The SMILES string of the molecule is Cc1cc(I)ccc1NC1=C(Cl)C(=O)N(Cc2ccc(Cl)cc2)C1=O. The van der Waals surface area contributed by atoms with E-state index in [1.165, 1.54) is 0 Å². The Bertz CT molecular complexity index is 894. The van der Waals surface area contributed by atoms with Gasteiger partial charge in [-0.3, -0.25) is 14.5 Å². The highest BCUT2D eigenvalue weighted by Crippen LogP contribution is 2.28. The van der Waals surface area contributed by atoms with Gasteiger partial charge in [-0.25, -0.2) is 0 Å². The molecule has 3 rings (SSSR count). The first kappa shape index (κ1) is 18.2. The van der Waals surface area contributed by atoms with E-state index in [0.29, 0.717) is 5.02 Å². The molecule has 0 atom stereocenters. The number of aryl methyl sites for hydroxylation is 1. The van der Waals surface area contributed by atoms with E-state index < -0.39 is 11.8 Å². The number of hydrogen-bond acceptors (Lipinski definition) is 3. The Hall–Kier alpha value is -1.57. The van der Waals surface area contributed by atoms with Crippen molar-refractivity contribution in [2.24, 2.45) is 0 Å². The molecular formula is C18H13Cl2IN2O2. The molecule has 0 saturated heterocycles. The third-order valence-corrected chi connectivity index (χ3v) is 5.09. The number of imide groups is 1. The summed E-state index contributed by atoms with van der Waals surface area (Å²) in [6, 6.07) is 12.7. The minimum Gasteiger partial charge on any atom is -0.349 e. The van der Waals surface area contributed by atoms with Crippen molar-refractivity contribution in [3.63, 3.8) is 0 Å². The summed E-state index contributed by atoms with van der Waals surface area (Å²) < 4.78 is 1.08. The zero-order valence-corrected chi connectivity index (χ0v) is 16.8. The predicted molar refractivity (Wildman–Crippen MR) is 107 cm³/mol. The summed E-state index contributed by atoms with van der Waals surface area (Å²) in [7, 11) is 0. The Balaban J connectivity index is 1.82. The predicted octanol–water partition coefficient (Wildman–Crippen LogP) is 4.68. The molecule has 1 aliphatic rings. The molecule has 0 radical (unpaired) electrons. The number of nitrogens with zero attached hydrogens (tertiary/aromatic N) is 1. The number of anilines is 1. The van der Waals surface area contributed by atoms with Crippen molar-refractivity contribution in [3.8, 4) is 0 Å². The van der Waals surface area contributed by atoms with Crippen LogP contribution >= 0.6 is 45.8 Å². The number of nitrogens with one attached hydrogen (secondary N) is 1. The normalized spacial score (nSPS) is 14.5. The smallest absolute Gasteiger partial charge is 0.279 e. The molecule has 2 aromatic carbocycles. The molecule has 2 amide bonds. The van der Waals surface area contributed by atoms with Gasteiger partial charge in [0.2, 0.25) is 0 Å². The topological polar surface area (TPSA) is 49.4 Å². The van der Waals surface area contributed by atoms with Gasteiger partial charge in [-0.15, -0.1) is 0 Å². The van der Waals surface area contributed by atoms with Gasteiger partial charge in [0.25, 0.3) is 11.8 Å². The van der Waals surface area contributed by atoms with E-state index >= 15 is 0 Å². The number of carbonyl (C=O) groups excluding carboxylic acids is 2. The summed E-state index contributed by atoms with van der Waals surface area (Å²) in [6.45, 7) is 2.06. The van der Waals surface area contributed by atoms with Crippen LogP contribution in [0, 0.1) is 10.5 Å². The van der Waals surface area contributed by atoms with Gasteiger partial charge in [-0.1, -0.05) is 35.3 Å². The minimum atomic E-state index is -0.507. The maximum Gasteiger partial charge on any atom is 0.279 e. The first-order valence-corrected chi connectivity index (χ1v) is 9.24. The number of hydrogen-bond donors (Lipinski definition) is 1. The summed E-state index contributed by atoms with van der Waals surface area (Å²) in [5.74, 6) is -0.949. The first-order chi connectivity index (χ1) is 11.9. The third-order valence-electron chi connectivity index (χ3n) is 3.81. The van der Waals surface area contributed by atoms with E-state index in [9.17, 15) is 9.59 Å². The Kier molecular flexibility index (Phi) is 5.36. The third kappa shape index (κ3) is 3.83. The lowest BCUT2D eigenvalue weighted by molar-refractivity contribution is -0.138. The number of carbonyl (C=O) groups is 2. The number of benzene rings is 2. The molecule has 25 heavy (non-hydrogen) atoms. The molecule has 1 aliphatic heterocycles. The van der Waals surface area contributed by atoms with Crippen molar-refractivity contribution >= 4 is 63.3 Å². The molecule has 128 valence electrons. The maximum absolute atomic E-state index is 12.7. The van der Waals surface area contributed by atoms with E-state index in [0.717, 1.165) is 25.3 Å². The van der Waals surface area contributed by atoms with Crippen molar-refractivity contribution in [1.82, 2.24) is 4.90 Å². The van der Waals surface area contributed by atoms with Crippen LogP contribution in [0.4, 0.5) is 5.69 Å². The van der Waals surface area contributed by atoms with Crippen molar-refractivity contribution in [3.05, 3.63) is 72.9 Å². The summed E-state index contributed by atoms with van der Waals surface area (Å²) in [4.78, 5) is 26.1. The van der Waals surface area contributed by atoms with E-state index in [2.05, 4.69) is 27.9 Å². The Morgan fingerprint density at radius 2 is 1.72 bits per heavy atom. The van der Waals surface area contributed by atoms with Crippen LogP contribution in [0.15, 0.2) is 53.2 Å². The molecule has 0 spiro atoms. The molecule has 1 N–H and O–H groups in total. The van der Waals surface area contributed by atoms with Gasteiger partial charge in [-0.05, 0) is 71.0 Å². The fourth-order valence-corrected chi connectivity index (χ4v) is 3.48. The average molecular weight is 487 g/mol. The van der Waals surface area contributed by atoms with Crippen LogP contribution < -0.4 is 5.32 Å². The highest BCUT2D eigenvalue weighted by Gasteiger charge is 2.37. The highest BCUT2D eigenvalue weighted by molar-refractivity contribution is 14.1. The molecule has 0 aliphatic carbocycles. The van der Waals surface area contributed by atoms with Crippen molar-refractivity contribution in [2.75, 3.05) is 5.32 Å². The molecule has 0 fully saturated rings. The van der Waals surface area contributed by atoms with Crippen LogP contribution in [0.3, 0.4) is 0 Å². The molecule has 0 unspecified atom stereocenters. The van der Waals surface area contributed by atoms with Gasteiger partial charge in [0.15, 0.2) is 0 Å². The second kappa shape index (κ2) is 7.35. The number of rotatable bonds is 4.